The van der Waals surface area contributed by atoms with E-state index in [4.69, 9.17) is 9.47 Å². The van der Waals surface area contributed by atoms with Crippen molar-refractivity contribution in [3.63, 3.8) is 0 Å². The van der Waals surface area contributed by atoms with Crippen LogP contribution in [0.3, 0.4) is 0 Å². The second-order valence-electron chi connectivity index (χ2n) is 6.51. The van der Waals surface area contributed by atoms with Gasteiger partial charge >= 0.3 is 0 Å². The number of benzene rings is 1. The highest BCUT2D eigenvalue weighted by atomic mass is 79.9. The van der Waals surface area contributed by atoms with Crippen LogP contribution in [0.25, 0.3) is 0 Å². The van der Waals surface area contributed by atoms with Gasteiger partial charge < -0.3 is 19.7 Å². The van der Waals surface area contributed by atoms with Crippen LogP contribution >= 0.6 is 15.9 Å². The van der Waals surface area contributed by atoms with Gasteiger partial charge in [0.25, 0.3) is 0 Å². The lowest BCUT2D eigenvalue weighted by atomic mass is 9.71. The third-order valence-corrected chi connectivity index (χ3v) is 4.57. The maximum Gasteiger partial charge on any atom is 0.240 e. The number of ether oxygens (including phenoxy) is 2. The van der Waals surface area contributed by atoms with Gasteiger partial charge in [0.1, 0.15) is 11.9 Å². The smallest absolute Gasteiger partial charge is 0.240 e. The van der Waals surface area contributed by atoms with E-state index in [0.29, 0.717) is 25.2 Å². The molecule has 110 valence electrons. The van der Waals surface area contributed by atoms with Crippen LogP contribution in [0.5, 0.6) is 5.75 Å². The predicted octanol–water partition coefficient (Wildman–Crippen LogP) is 2.60. The van der Waals surface area contributed by atoms with Crippen molar-refractivity contribution in [2.24, 2.45) is 5.41 Å². The van der Waals surface area contributed by atoms with Gasteiger partial charge in [-0.3, -0.25) is 0 Å². The molecule has 3 atom stereocenters. The average molecular weight is 343 g/mol. The fourth-order valence-corrected chi connectivity index (χ4v) is 3.63. The Morgan fingerprint density at radius 3 is 2.80 bits per heavy atom. The molecule has 0 bridgehead atoms. The maximum atomic E-state index is 10.4. The molecule has 1 aliphatic carbocycles. The summed E-state index contributed by atoms with van der Waals surface area (Å²) >= 11 is 3.42. The lowest BCUT2D eigenvalue weighted by molar-refractivity contribution is -0.305. The normalized spacial score (nSPS) is 35.5. The van der Waals surface area contributed by atoms with Gasteiger partial charge in [0.15, 0.2) is 0 Å². The van der Waals surface area contributed by atoms with Crippen LogP contribution in [0.4, 0.5) is 0 Å². The summed E-state index contributed by atoms with van der Waals surface area (Å²) in [7, 11) is 0. The molecule has 0 unspecified atom stereocenters. The van der Waals surface area contributed by atoms with Crippen molar-refractivity contribution in [3.8, 4) is 5.75 Å². The molecule has 3 rings (SSSR count). The van der Waals surface area contributed by atoms with Crippen LogP contribution in [0, 0.1) is 5.41 Å². The second kappa shape index (κ2) is 4.70. The van der Waals surface area contributed by atoms with Gasteiger partial charge in [-0.2, -0.15) is 0 Å². The molecule has 0 aromatic heterocycles. The number of hydrogen-bond acceptors (Lipinski definition) is 4. The quantitative estimate of drug-likeness (QED) is 0.760. The molecule has 0 amide bonds. The highest BCUT2D eigenvalue weighted by Crippen LogP contribution is 2.47. The molecule has 1 saturated carbocycles. The molecular formula is C15H19BrO4. The first-order valence-corrected chi connectivity index (χ1v) is 7.58. The Morgan fingerprint density at radius 2 is 2.05 bits per heavy atom. The number of aliphatic hydroxyl groups excluding tert-OH is 2. The Balaban J connectivity index is 1.95. The zero-order valence-corrected chi connectivity index (χ0v) is 13.2. The number of hydrogen-bond donors (Lipinski definition) is 2. The number of halogens is 1. The molecule has 0 saturated heterocycles. The van der Waals surface area contributed by atoms with E-state index in [-0.39, 0.29) is 5.41 Å². The zero-order chi connectivity index (χ0) is 14.5. The number of aliphatic hydroxyl groups is 2. The molecule has 20 heavy (non-hydrogen) atoms. The van der Waals surface area contributed by atoms with Gasteiger partial charge in [-0.05, 0) is 30.0 Å². The van der Waals surface area contributed by atoms with Gasteiger partial charge in [-0.15, -0.1) is 0 Å². The van der Waals surface area contributed by atoms with E-state index in [1.54, 1.807) is 0 Å². The number of rotatable bonds is 0. The van der Waals surface area contributed by atoms with Crippen LogP contribution in [0.1, 0.15) is 32.3 Å². The average Bonchev–Trinajstić information content (AvgIpc) is 2.35. The van der Waals surface area contributed by atoms with E-state index in [1.807, 2.05) is 32.0 Å². The van der Waals surface area contributed by atoms with E-state index in [0.717, 1.165) is 10.0 Å². The van der Waals surface area contributed by atoms with E-state index in [9.17, 15) is 10.2 Å². The predicted molar refractivity (Wildman–Crippen MR) is 77.3 cm³/mol. The van der Waals surface area contributed by atoms with E-state index in [1.165, 1.54) is 0 Å². The van der Waals surface area contributed by atoms with E-state index in [2.05, 4.69) is 15.9 Å². The van der Waals surface area contributed by atoms with E-state index >= 15 is 0 Å². The summed E-state index contributed by atoms with van der Waals surface area (Å²) in [6.07, 6.45) is -0.785. The molecule has 1 aromatic carbocycles. The first-order valence-electron chi connectivity index (χ1n) is 6.79. The van der Waals surface area contributed by atoms with Crippen molar-refractivity contribution >= 4 is 15.9 Å². The van der Waals surface area contributed by atoms with Gasteiger partial charge in [-0.25, -0.2) is 0 Å². The first-order chi connectivity index (χ1) is 9.31. The summed E-state index contributed by atoms with van der Waals surface area (Å²) < 4.78 is 12.8. The summed E-state index contributed by atoms with van der Waals surface area (Å²) in [4.78, 5) is 0. The molecule has 5 heteroatoms. The third kappa shape index (κ3) is 2.37. The molecule has 0 radical (unpaired) electrons. The van der Waals surface area contributed by atoms with Gasteiger partial charge in [0.2, 0.25) is 5.79 Å². The monoisotopic (exact) mass is 342 g/mol. The molecule has 1 aliphatic heterocycles. The molecular weight excluding hydrogens is 324 g/mol. The summed E-state index contributed by atoms with van der Waals surface area (Å²) in [5.41, 5.74) is 0.793. The van der Waals surface area contributed by atoms with Crippen molar-refractivity contribution in [1.29, 1.82) is 0 Å². The lowest BCUT2D eigenvalue weighted by Crippen LogP contribution is -2.62. The van der Waals surface area contributed by atoms with Crippen molar-refractivity contribution in [3.05, 3.63) is 28.2 Å². The topological polar surface area (TPSA) is 58.9 Å². The minimum absolute atomic E-state index is 0.147. The molecule has 2 aliphatic rings. The van der Waals surface area contributed by atoms with Crippen LogP contribution in [-0.2, 0) is 11.3 Å². The van der Waals surface area contributed by atoms with Crippen LogP contribution in [0.2, 0.25) is 0 Å². The van der Waals surface area contributed by atoms with Crippen molar-refractivity contribution in [1.82, 2.24) is 0 Å². The Kier molecular flexibility index (Phi) is 3.36. The Labute approximate surface area is 126 Å². The second-order valence-corrected chi connectivity index (χ2v) is 7.43. The van der Waals surface area contributed by atoms with Crippen molar-refractivity contribution < 1.29 is 19.7 Å². The molecule has 4 nitrogen and oxygen atoms in total. The Bertz CT molecular complexity index is 531. The largest absolute Gasteiger partial charge is 0.459 e. The standard InChI is InChI=1S/C15H19BrO4/c1-14(2)6-11(17)13(18)15(8-14)19-7-9-5-10(16)3-4-12(9)20-15/h3-5,11,13,17-18H,6-8H2,1-2H3/t11-,13-,15+/m1/s1. The third-order valence-electron chi connectivity index (χ3n) is 4.08. The summed E-state index contributed by atoms with van der Waals surface area (Å²) in [5.74, 6) is -0.439. The fourth-order valence-electron chi connectivity index (χ4n) is 3.22. The first kappa shape index (κ1) is 14.3. The Morgan fingerprint density at radius 1 is 1.30 bits per heavy atom. The molecule has 1 spiro atoms. The highest BCUT2D eigenvalue weighted by molar-refractivity contribution is 9.10. The van der Waals surface area contributed by atoms with Gasteiger partial charge in [0, 0.05) is 16.5 Å². The summed E-state index contributed by atoms with van der Waals surface area (Å²) in [6, 6.07) is 5.71. The number of fused-ring (bicyclic) bond motifs is 1. The van der Waals surface area contributed by atoms with Gasteiger partial charge in [-0.1, -0.05) is 29.8 Å². The summed E-state index contributed by atoms with van der Waals surface area (Å²) in [5, 5.41) is 20.5. The fraction of sp³-hybridized carbons (Fsp3) is 0.600. The van der Waals surface area contributed by atoms with Gasteiger partial charge in [0.05, 0.1) is 12.7 Å². The van der Waals surface area contributed by atoms with Crippen LogP contribution < -0.4 is 4.74 Å². The minimum atomic E-state index is -1.15. The van der Waals surface area contributed by atoms with Crippen molar-refractivity contribution in [2.75, 3.05) is 0 Å². The van der Waals surface area contributed by atoms with Crippen LogP contribution in [0.15, 0.2) is 22.7 Å². The zero-order valence-electron chi connectivity index (χ0n) is 11.6. The maximum absolute atomic E-state index is 10.4. The van der Waals surface area contributed by atoms with E-state index < -0.39 is 18.0 Å². The minimum Gasteiger partial charge on any atom is -0.459 e. The van der Waals surface area contributed by atoms with Crippen LogP contribution in [-0.4, -0.2) is 28.2 Å². The Hall–Kier alpha value is -0.620. The van der Waals surface area contributed by atoms with Crippen molar-refractivity contribution in [2.45, 2.75) is 51.3 Å². The molecule has 1 fully saturated rings. The highest BCUT2D eigenvalue weighted by Gasteiger charge is 2.55. The molecule has 1 aromatic rings. The lowest BCUT2D eigenvalue weighted by Gasteiger charge is -2.50. The summed E-state index contributed by atoms with van der Waals surface area (Å²) in [6.45, 7) is 4.47. The SMILES string of the molecule is CC1(C)C[C@@H](O)[C@@H](O)[C@@]2(C1)OCc1cc(Br)ccc1O2. The molecule has 2 N–H and O–H groups in total. The molecule has 1 heterocycles.